The molecule has 0 aromatic rings. The minimum Gasteiger partial charge on any atom is -0.342 e. The Bertz CT molecular complexity index is 359. The molecule has 3 nitrogen and oxygen atoms in total. The number of halogens is 1. The maximum absolute atomic E-state index is 12.6. The van der Waals surface area contributed by atoms with E-state index in [-0.39, 0.29) is 12.4 Å². The van der Waals surface area contributed by atoms with Gasteiger partial charge in [0, 0.05) is 19.0 Å². The van der Waals surface area contributed by atoms with Crippen LogP contribution in [0.25, 0.3) is 0 Å². The molecular weight excluding hydrogens is 260 g/mol. The van der Waals surface area contributed by atoms with Gasteiger partial charge >= 0.3 is 0 Å². The highest BCUT2D eigenvalue weighted by atomic mass is 35.5. The van der Waals surface area contributed by atoms with Crippen molar-refractivity contribution in [1.82, 2.24) is 4.90 Å². The zero-order chi connectivity index (χ0) is 12.3. The molecule has 0 radical (unpaired) electrons. The van der Waals surface area contributed by atoms with Crippen molar-refractivity contribution in [3.8, 4) is 0 Å². The summed E-state index contributed by atoms with van der Waals surface area (Å²) in [7, 11) is 0. The first-order valence-electron chi connectivity index (χ1n) is 7.78. The van der Waals surface area contributed by atoms with Crippen molar-refractivity contribution in [2.24, 2.45) is 41.2 Å². The van der Waals surface area contributed by atoms with E-state index in [1.807, 2.05) is 0 Å². The Morgan fingerprint density at radius 1 is 1.16 bits per heavy atom. The molecule has 4 heteroatoms. The largest absolute Gasteiger partial charge is 0.342 e. The number of hydrogen-bond donors (Lipinski definition) is 1. The number of carbonyl (C=O) groups is 1. The normalized spacial score (nSPS) is 46.7. The van der Waals surface area contributed by atoms with E-state index in [2.05, 4.69) is 4.90 Å². The Labute approximate surface area is 121 Å². The Morgan fingerprint density at radius 2 is 1.84 bits per heavy atom. The summed E-state index contributed by atoms with van der Waals surface area (Å²) in [4.78, 5) is 14.8. The molecule has 3 saturated carbocycles. The third-order valence-electron chi connectivity index (χ3n) is 6.18. The van der Waals surface area contributed by atoms with Gasteiger partial charge in [0.2, 0.25) is 5.91 Å². The standard InChI is InChI=1S/C15H24N2O.ClH/c16-7-9-2-1-5-17(8-9)15(18)14-12-10-3-4-11(6-10)13(12)14;/h9-14H,1-8,16H2;1H. The van der Waals surface area contributed by atoms with Crippen LogP contribution in [0.5, 0.6) is 0 Å². The summed E-state index contributed by atoms with van der Waals surface area (Å²) in [6, 6.07) is 0. The van der Waals surface area contributed by atoms with Crippen LogP contribution < -0.4 is 5.73 Å². The fraction of sp³-hybridized carbons (Fsp3) is 0.933. The van der Waals surface area contributed by atoms with Crippen LogP contribution >= 0.6 is 12.4 Å². The first kappa shape index (κ1) is 13.7. The summed E-state index contributed by atoms with van der Waals surface area (Å²) < 4.78 is 0. The third kappa shape index (κ3) is 2.01. The van der Waals surface area contributed by atoms with Gasteiger partial charge < -0.3 is 10.6 Å². The van der Waals surface area contributed by atoms with E-state index in [1.54, 1.807) is 0 Å². The fourth-order valence-corrected chi connectivity index (χ4v) is 5.32. The summed E-state index contributed by atoms with van der Waals surface area (Å²) in [6.45, 7) is 2.66. The smallest absolute Gasteiger partial charge is 0.226 e. The molecule has 0 spiro atoms. The average Bonchev–Trinajstić information content (AvgIpc) is 2.85. The predicted octanol–water partition coefficient (Wildman–Crippen LogP) is 1.90. The molecule has 4 aliphatic rings. The predicted molar refractivity (Wildman–Crippen MR) is 76.9 cm³/mol. The second-order valence-electron chi connectivity index (χ2n) is 7.04. The topological polar surface area (TPSA) is 46.3 Å². The molecule has 5 atom stereocenters. The second-order valence-corrected chi connectivity index (χ2v) is 7.04. The molecule has 1 amide bonds. The molecule has 2 bridgehead atoms. The summed E-state index contributed by atoms with van der Waals surface area (Å²) in [6.07, 6.45) is 6.61. The lowest BCUT2D eigenvalue weighted by Crippen LogP contribution is -2.43. The Hall–Kier alpha value is -0.280. The molecule has 1 aliphatic heterocycles. The van der Waals surface area contributed by atoms with E-state index in [9.17, 15) is 4.79 Å². The second kappa shape index (κ2) is 4.92. The molecule has 19 heavy (non-hydrogen) atoms. The summed E-state index contributed by atoms with van der Waals surface area (Å²) in [5.74, 6) is 4.85. The van der Waals surface area contributed by atoms with Crippen LogP contribution in [0.1, 0.15) is 32.1 Å². The molecule has 1 heterocycles. The number of carbonyl (C=O) groups excluding carboxylic acids is 1. The van der Waals surface area contributed by atoms with Crippen LogP contribution in [-0.2, 0) is 4.79 Å². The van der Waals surface area contributed by atoms with E-state index in [4.69, 9.17) is 5.73 Å². The van der Waals surface area contributed by atoms with Crippen molar-refractivity contribution in [3.63, 3.8) is 0 Å². The van der Waals surface area contributed by atoms with Gasteiger partial charge in [0.05, 0.1) is 0 Å². The lowest BCUT2D eigenvalue weighted by atomic mass is 9.96. The summed E-state index contributed by atoms with van der Waals surface area (Å²) in [5.41, 5.74) is 5.77. The van der Waals surface area contributed by atoms with Crippen LogP contribution in [0.4, 0.5) is 0 Å². The minimum atomic E-state index is 0. The van der Waals surface area contributed by atoms with Crippen LogP contribution in [0, 0.1) is 35.5 Å². The SMILES string of the molecule is Cl.NCC1CCCN(C(=O)C2C3C4CCC(C4)C23)C1. The van der Waals surface area contributed by atoms with Crippen LogP contribution in [0.15, 0.2) is 0 Å². The first-order valence-corrected chi connectivity index (χ1v) is 7.78. The Morgan fingerprint density at radius 3 is 2.47 bits per heavy atom. The van der Waals surface area contributed by atoms with E-state index in [1.165, 1.54) is 25.7 Å². The summed E-state index contributed by atoms with van der Waals surface area (Å²) in [5, 5.41) is 0. The number of likely N-dealkylation sites (tertiary alicyclic amines) is 1. The summed E-state index contributed by atoms with van der Waals surface area (Å²) >= 11 is 0. The third-order valence-corrected chi connectivity index (χ3v) is 6.18. The quantitative estimate of drug-likeness (QED) is 0.842. The molecule has 4 rings (SSSR count). The lowest BCUT2D eigenvalue weighted by Gasteiger charge is -2.33. The number of nitrogens with zero attached hydrogens (tertiary/aromatic N) is 1. The highest BCUT2D eigenvalue weighted by Crippen LogP contribution is 2.69. The monoisotopic (exact) mass is 284 g/mol. The number of nitrogens with two attached hydrogens (primary N) is 1. The fourth-order valence-electron chi connectivity index (χ4n) is 5.32. The number of piperidine rings is 1. The molecule has 2 N–H and O–H groups in total. The molecule has 0 aromatic carbocycles. The van der Waals surface area contributed by atoms with Gasteiger partial charge in [-0.1, -0.05) is 0 Å². The van der Waals surface area contributed by atoms with Gasteiger partial charge in [-0.25, -0.2) is 0 Å². The van der Waals surface area contributed by atoms with Crippen molar-refractivity contribution in [3.05, 3.63) is 0 Å². The lowest BCUT2D eigenvalue weighted by molar-refractivity contribution is -0.135. The zero-order valence-electron chi connectivity index (χ0n) is 11.5. The van der Waals surface area contributed by atoms with Crippen molar-refractivity contribution >= 4 is 18.3 Å². The van der Waals surface area contributed by atoms with E-state index < -0.39 is 0 Å². The molecule has 0 aromatic heterocycles. The van der Waals surface area contributed by atoms with Gasteiger partial charge in [-0.3, -0.25) is 4.79 Å². The molecular formula is C15H25ClN2O. The van der Waals surface area contributed by atoms with Gasteiger partial charge in [0.1, 0.15) is 0 Å². The minimum absolute atomic E-state index is 0. The maximum Gasteiger partial charge on any atom is 0.226 e. The van der Waals surface area contributed by atoms with Gasteiger partial charge in [0.25, 0.3) is 0 Å². The van der Waals surface area contributed by atoms with Crippen LogP contribution in [-0.4, -0.2) is 30.4 Å². The van der Waals surface area contributed by atoms with Crippen molar-refractivity contribution in [2.75, 3.05) is 19.6 Å². The van der Waals surface area contributed by atoms with Gasteiger partial charge in [-0.15, -0.1) is 12.4 Å². The van der Waals surface area contributed by atoms with Gasteiger partial charge in [-0.2, -0.15) is 0 Å². The molecule has 1 saturated heterocycles. The van der Waals surface area contributed by atoms with Crippen molar-refractivity contribution in [1.29, 1.82) is 0 Å². The van der Waals surface area contributed by atoms with Gasteiger partial charge in [-0.05, 0) is 68.2 Å². The maximum atomic E-state index is 12.6. The zero-order valence-corrected chi connectivity index (χ0v) is 12.3. The first-order chi connectivity index (χ1) is 8.79. The highest BCUT2D eigenvalue weighted by molar-refractivity contribution is 5.85. The van der Waals surface area contributed by atoms with Crippen molar-refractivity contribution < 1.29 is 4.79 Å². The number of amides is 1. The number of rotatable bonds is 2. The van der Waals surface area contributed by atoms with Crippen molar-refractivity contribution in [2.45, 2.75) is 32.1 Å². The van der Waals surface area contributed by atoms with Crippen LogP contribution in [0.3, 0.4) is 0 Å². The van der Waals surface area contributed by atoms with Crippen LogP contribution in [0.2, 0.25) is 0 Å². The number of hydrogen-bond acceptors (Lipinski definition) is 2. The Balaban J connectivity index is 0.00000110. The molecule has 5 unspecified atom stereocenters. The van der Waals surface area contributed by atoms with Gasteiger partial charge in [0.15, 0.2) is 0 Å². The molecule has 108 valence electrons. The Kier molecular flexibility index (Phi) is 3.55. The number of fused-ring (bicyclic) bond motifs is 5. The van der Waals surface area contributed by atoms with E-state index in [0.29, 0.717) is 17.7 Å². The van der Waals surface area contributed by atoms with E-state index in [0.717, 1.165) is 49.7 Å². The molecule has 4 fully saturated rings. The average molecular weight is 285 g/mol. The van der Waals surface area contributed by atoms with E-state index >= 15 is 0 Å². The highest BCUT2D eigenvalue weighted by Gasteiger charge is 2.67. The molecule has 3 aliphatic carbocycles.